The maximum atomic E-state index is 12.7. The molecule has 2 aromatic heterocycles. The average molecular weight is 494 g/mol. The number of anilines is 1. The Bertz CT molecular complexity index is 1080. The van der Waals surface area contributed by atoms with Crippen LogP contribution in [0, 0.1) is 6.92 Å². The highest BCUT2D eigenvalue weighted by molar-refractivity contribution is 9.10. The summed E-state index contributed by atoms with van der Waals surface area (Å²) in [4.78, 5) is 26.7. The molecule has 1 aliphatic rings. The number of hydrogen-bond acceptors (Lipinski definition) is 5. The van der Waals surface area contributed by atoms with Gasteiger partial charge in [-0.1, -0.05) is 41.1 Å². The smallest absolute Gasteiger partial charge is 0.253 e. The minimum atomic E-state index is -0.129. The number of halogens is 1. The molecule has 1 saturated heterocycles. The SMILES string of the molecule is CCN1CCN(c2ccc(CNC(=O)c3ccc(-c4cccc(Br)c4)nc3C)cn2)CC1. The van der Waals surface area contributed by atoms with Crippen LogP contribution in [-0.2, 0) is 6.54 Å². The van der Waals surface area contributed by atoms with Gasteiger partial charge in [0.2, 0.25) is 0 Å². The molecule has 0 atom stereocenters. The first kappa shape index (κ1) is 22.4. The van der Waals surface area contributed by atoms with Crippen LogP contribution in [0.15, 0.2) is 59.2 Å². The number of pyridine rings is 2. The van der Waals surface area contributed by atoms with Gasteiger partial charge in [-0.05, 0) is 49.4 Å². The van der Waals surface area contributed by atoms with E-state index < -0.39 is 0 Å². The van der Waals surface area contributed by atoms with Crippen molar-refractivity contribution in [3.63, 3.8) is 0 Å². The molecule has 1 N–H and O–H groups in total. The predicted molar refractivity (Wildman–Crippen MR) is 132 cm³/mol. The number of piperazine rings is 1. The molecule has 1 aliphatic heterocycles. The van der Waals surface area contributed by atoms with Crippen molar-refractivity contribution in [1.29, 1.82) is 0 Å². The Morgan fingerprint density at radius 2 is 1.91 bits per heavy atom. The summed E-state index contributed by atoms with van der Waals surface area (Å²) >= 11 is 3.49. The van der Waals surface area contributed by atoms with E-state index in [2.05, 4.69) is 47.9 Å². The van der Waals surface area contributed by atoms with Gasteiger partial charge in [-0.3, -0.25) is 9.78 Å². The van der Waals surface area contributed by atoms with Crippen molar-refractivity contribution in [2.24, 2.45) is 0 Å². The number of nitrogens with one attached hydrogen (secondary N) is 1. The molecule has 0 saturated carbocycles. The topological polar surface area (TPSA) is 61.4 Å². The van der Waals surface area contributed by atoms with E-state index >= 15 is 0 Å². The van der Waals surface area contributed by atoms with Crippen LogP contribution < -0.4 is 10.2 Å². The number of aryl methyl sites for hydroxylation is 1. The Labute approximate surface area is 197 Å². The van der Waals surface area contributed by atoms with Gasteiger partial charge in [0, 0.05) is 49.0 Å². The Kier molecular flexibility index (Phi) is 7.17. The second-order valence-electron chi connectivity index (χ2n) is 7.97. The number of hydrogen-bond donors (Lipinski definition) is 1. The molecule has 0 spiro atoms. The molecule has 3 heterocycles. The summed E-state index contributed by atoms with van der Waals surface area (Å²) in [6.45, 7) is 9.74. The van der Waals surface area contributed by atoms with E-state index in [1.807, 2.05) is 61.7 Å². The second kappa shape index (κ2) is 10.2. The van der Waals surface area contributed by atoms with E-state index in [1.54, 1.807) is 0 Å². The molecule has 1 aromatic carbocycles. The van der Waals surface area contributed by atoms with Crippen LogP contribution in [0.2, 0.25) is 0 Å². The summed E-state index contributed by atoms with van der Waals surface area (Å²) in [6.07, 6.45) is 1.85. The van der Waals surface area contributed by atoms with Gasteiger partial charge in [0.1, 0.15) is 5.82 Å². The van der Waals surface area contributed by atoms with Gasteiger partial charge in [-0.15, -0.1) is 0 Å². The lowest BCUT2D eigenvalue weighted by molar-refractivity contribution is 0.0950. The lowest BCUT2D eigenvalue weighted by Crippen LogP contribution is -2.46. The highest BCUT2D eigenvalue weighted by Crippen LogP contribution is 2.22. The highest BCUT2D eigenvalue weighted by atomic mass is 79.9. The summed E-state index contributed by atoms with van der Waals surface area (Å²) in [5, 5.41) is 2.99. The number of benzene rings is 1. The van der Waals surface area contributed by atoms with Crippen LogP contribution >= 0.6 is 15.9 Å². The number of rotatable bonds is 6. The lowest BCUT2D eigenvalue weighted by atomic mass is 10.1. The maximum absolute atomic E-state index is 12.7. The first-order chi connectivity index (χ1) is 15.5. The molecule has 4 rings (SSSR count). The van der Waals surface area contributed by atoms with Gasteiger partial charge in [-0.2, -0.15) is 0 Å². The number of aromatic nitrogens is 2. The summed E-state index contributed by atoms with van der Waals surface area (Å²) in [7, 11) is 0. The number of carbonyl (C=O) groups excluding carboxylic acids is 1. The van der Waals surface area contributed by atoms with Crippen LogP contribution in [0.4, 0.5) is 5.82 Å². The van der Waals surface area contributed by atoms with Crippen molar-refractivity contribution in [3.05, 3.63) is 76.0 Å². The predicted octanol–water partition coefficient (Wildman–Crippen LogP) is 4.29. The molecular formula is C25H28BrN5O. The molecule has 6 nitrogen and oxygen atoms in total. The van der Waals surface area contributed by atoms with Crippen molar-refractivity contribution in [3.8, 4) is 11.3 Å². The summed E-state index contributed by atoms with van der Waals surface area (Å²) < 4.78 is 0.999. The second-order valence-corrected chi connectivity index (χ2v) is 8.88. The third-order valence-corrected chi connectivity index (χ3v) is 6.35. The molecule has 7 heteroatoms. The fourth-order valence-corrected chi connectivity index (χ4v) is 4.29. The van der Waals surface area contributed by atoms with E-state index in [1.165, 1.54) is 0 Å². The standard InChI is InChI=1S/C25H28BrN5O/c1-3-30-11-13-31(14-12-30)24-10-7-19(16-27-24)17-28-25(32)22-8-9-23(29-18(22)2)20-5-4-6-21(26)15-20/h4-10,15-16H,3,11-14,17H2,1-2H3,(H,28,32). The van der Waals surface area contributed by atoms with Gasteiger partial charge >= 0.3 is 0 Å². The third kappa shape index (κ3) is 5.34. The largest absolute Gasteiger partial charge is 0.354 e. The van der Waals surface area contributed by atoms with Crippen molar-refractivity contribution in [2.45, 2.75) is 20.4 Å². The van der Waals surface area contributed by atoms with Gasteiger partial charge in [0.05, 0.1) is 17.0 Å². The van der Waals surface area contributed by atoms with Crippen molar-refractivity contribution >= 4 is 27.7 Å². The Morgan fingerprint density at radius 1 is 1.09 bits per heavy atom. The van der Waals surface area contributed by atoms with Gasteiger partial charge in [0.15, 0.2) is 0 Å². The van der Waals surface area contributed by atoms with Crippen LogP contribution in [-0.4, -0.2) is 53.5 Å². The average Bonchev–Trinajstić information content (AvgIpc) is 2.83. The Balaban J connectivity index is 1.35. The Hall–Kier alpha value is -2.77. The summed E-state index contributed by atoms with van der Waals surface area (Å²) in [5.41, 5.74) is 4.13. The zero-order chi connectivity index (χ0) is 22.5. The molecule has 3 aromatic rings. The van der Waals surface area contributed by atoms with Crippen LogP contribution in [0.1, 0.15) is 28.5 Å². The van der Waals surface area contributed by atoms with Crippen molar-refractivity contribution in [1.82, 2.24) is 20.2 Å². The minimum Gasteiger partial charge on any atom is -0.354 e. The fraction of sp³-hybridized carbons (Fsp3) is 0.320. The van der Waals surface area contributed by atoms with E-state index in [0.717, 1.165) is 59.8 Å². The molecule has 0 aliphatic carbocycles. The molecule has 0 bridgehead atoms. The van der Waals surface area contributed by atoms with Gasteiger partial charge in [0.25, 0.3) is 5.91 Å². The zero-order valence-corrected chi connectivity index (χ0v) is 20.1. The van der Waals surface area contributed by atoms with Gasteiger partial charge in [-0.25, -0.2) is 4.98 Å². The Morgan fingerprint density at radius 3 is 2.56 bits per heavy atom. The van der Waals surface area contributed by atoms with Crippen LogP contribution in [0.5, 0.6) is 0 Å². The van der Waals surface area contributed by atoms with Crippen molar-refractivity contribution < 1.29 is 4.79 Å². The number of amides is 1. The molecule has 0 unspecified atom stereocenters. The monoisotopic (exact) mass is 493 g/mol. The maximum Gasteiger partial charge on any atom is 0.253 e. The molecular weight excluding hydrogens is 466 g/mol. The molecule has 32 heavy (non-hydrogen) atoms. The van der Waals surface area contributed by atoms with E-state index in [4.69, 9.17) is 0 Å². The zero-order valence-electron chi connectivity index (χ0n) is 18.5. The lowest BCUT2D eigenvalue weighted by Gasteiger charge is -2.34. The fourth-order valence-electron chi connectivity index (χ4n) is 3.89. The van der Waals surface area contributed by atoms with Gasteiger partial charge < -0.3 is 15.1 Å². The number of carbonyl (C=O) groups is 1. The number of likely N-dealkylation sites (N-methyl/N-ethyl adjacent to an activating group) is 1. The van der Waals surface area contributed by atoms with E-state index in [0.29, 0.717) is 17.8 Å². The normalized spacial score (nSPS) is 14.4. The first-order valence-corrected chi connectivity index (χ1v) is 11.8. The highest BCUT2D eigenvalue weighted by Gasteiger charge is 2.17. The van der Waals surface area contributed by atoms with Crippen molar-refractivity contribution in [2.75, 3.05) is 37.6 Å². The van der Waals surface area contributed by atoms with E-state index in [9.17, 15) is 4.79 Å². The molecule has 166 valence electrons. The number of nitrogens with zero attached hydrogens (tertiary/aromatic N) is 4. The summed E-state index contributed by atoms with van der Waals surface area (Å²) in [6, 6.07) is 15.8. The molecule has 1 amide bonds. The van der Waals surface area contributed by atoms with E-state index in [-0.39, 0.29) is 5.91 Å². The van der Waals surface area contributed by atoms with Crippen LogP contribution in [0.25, 0.3) is 11.3 Å². The molecule has 0 radical (unpaired) electrons. The summed E-state index contributed by atoms with van der Waals surface area (Å²) in [5.74, 6) is 0.870. The quantitative estimate of drug-likeness (QED) is 0.554. The minimum absolute atomic E-state index is 0.129. The first-order valence-electron chi connectivity index (χ1n) is 11.0. The third-order valence-electron chi connectivity index (χ3n) is 5.86. The molecule has 1 fully saturated rings. The van der Waals surface area contributed by atoms with Crippen LogP contribution in [0.3, 0.4) is 0 Å².